The minimum Gasteiger partial charge on any atom is -0.337 e. The first kappa shape index (κ1) is 13.9. The molecule has 0 atom stereocenters. The van der Waals surface area contributed by atoms with Gasteiger partial charge in [0.15, 0.2) is 0 Å². The number of hydrazone groups is 1. The number of hydrogen-bond acceptors (Lipinski definition) is 5. The molecule has 2 heterocycles. The Balaban J connectivity index is 1.97. The van der Waals surface area contributed by atoms with Crippen LogP contribution in [0.3, 0.4) is 0 Å². The first-order chi connectivity index (χ1) is 9.10. The highest BCUT2D eigenvalue weighted by molar-refractivity contribution is 8.00. The van der Waals surface area contributed by atoms with Gasteiger partial charge in [-0.05, 0) is 19.1 Å². The van der Waals surface area contributed by atoms with E-state index in [4.69, 9.17) is 0 Å². The Bertz CT molecular complexity index is 461. The Kier molecular flexibility index (Phi) is 4.10. The Labute approximate surface area is 116 Å². The summed E-state index contributed by atoms with van der Waals surface area (Å²) in [4.78, 5) is 24.9. The molecule has 2 rings (SSSR count). The number of likely N-dealkylation sites (tertiary alicyclic amines) is 1. The summed E-state index contributed by atoms with van der Waals surface area (Å²) in [5.41, 5.74) is 2.75. The van der Waals surface area contributed by atoms with E-state index >= 15 is 0 Å². The lowest BCUT2D eigenvalue weighted by atomic mass is 9.96. The maximum Gasteiger partial charge on any atom is 0.270 e. The minimum absolute atomic E-state index is 0.118. The number of hydrogen-bond donors (Lipinski definition) is 1. The number of rotatable bonds is 2. The fourth-order valence-electron chi connectivity index (χ4n) is 2.24. The van der Waals surface area contributed by atoms with Crippen molar-refractivity contribution in [3.05, 3.63) is 0 Å². The van der Waals surface area contributed by atoms with E-state index in [9.17, 15) is 14.9 Å². The van der Waals surface area contributed by atoms with E-state index in [1.807, 2.05) is 6.26 Å². The molecule has 1 fully saturated rings. The second-order valence-corrected chi connectivity index (χ2v) is 5.89. The summed E-state index contributed by atoms with van der Waals surface area (Å²) < 4.78 is -0.362. The Morgan fingerprint density at radius 3 is 2.63 bits per heavy atom. The van der Waals surface area contributed by atoms with Crippen molar-refractivity contribution in [3.8, 4) is 6.07 Å². The van der Waals surface area contributed by atoms with Gasteiger partial charge in [0.25, 0.3) is 5.91 Å². The van der Waals surface area contributed by atoms with Crippen molar-refractivity contribution in [1.82, 2.24) is 10.3 Å². The van der Waals surface area contributed by atoms with Gasteiger partial charge in [0.1, 0.15) is 10.5 Å². The lowest BCUT2D eigenvalue weighted by Gasteiger charge is -2.36. The number of nitrogens with zero attached hydrogens (tertiary/aromatic N) is 3. The van der Waals surface area contributed by atoms with E-state index in [-0.39, 0.29) is 16.6 Å². The smallest absolute Gasteiger partial charge is 0.270 e. The summed E-state index contributed by atoms with van der Waals surface area (Å²) in [6.45, 7) is 1.14. The fourth-order valence-corrected chi connectivity index (χ4v) is 2.93. The van der Waals surface area contributed by atoms with Gasteiger partial charge in [0.05, 0.1) is 6.07 Å². The van der Waals surface area contributed by atoms with Crippen LogP contribution >= 0.6 is 11.8 Å². The predicted octanol–water partition coefficient (Wildman–Crippen LogP) is 0.500. The zero-order valence-corrected chi connectivity index (χ0v) is 11.6. The molecule has 0 aromatic rings. The zero-order chi connectivity index (χ0) is 13.9. The van der Waals surface area contributed by atoms with E-state index in [1.54, 1.807) is 16.7 Å². The molecule has 0 bridgehead atoms. The number of piperidine rings is 1. The van der Waals surface area contributed by atoms with E-state index in [1.165, 1.54) is 0 Å². The fraction of sp³-hybridized carbons (Fsp3) is 0.667. The van der Waals surface area contributed by atoms with E-state index in [2.05, 4.69) is 16.6 Å². The molecule has 2 amide bonds. The van der Waals surface area contributed by atoms with Crippen molar-refractivity contribution in [1.29, 1.82) is 5.26 Å². The normalized spacial score (nSPS) is 22.2. The molecule has 1 N–H and O–H groups in total. The van der Waals surface area contributed by atoms with Gasteiger partial charge in [0.2, 0.25) is 5.91 Å². The summed E-state index contributed by atoms with van der Waals surface area (Å²) in [5.74, 6) is -0.270. The average molecular weight is 280 g/mol. The second-order valence-electron chi connectivity index (χ2n) is 4.70. The predicted molar refractivity (Wildman–Crippen MR) is 72.5 cm³/mol. The molecule has 1 saturated heterocycles. The molecule has 0 aromatic carbocycles. The van der Waals surface area contributed by atoms with E-state index in [0.29, 0.717) is 44.5 Å². The van der Waals surface area contributed by atoms with Crippen LogP contribution in [-0.2, 0) is 9.59 Å². The van der Waals surface area contributed by atoms with Crippen LogP contribution < -0.4 is 5.43 Å². The van der Waals surface area contributed by atoms with Gasteiger partial charge in [-0.15, -0.1) is 11.8 Å². The maximum absolute atomic E-state index is 12.2. The summed E-state index contributed by atoms with van der Waals surface area (Å²) in [6, 6.07) is 2.35. The summed E-state index contributed by atoms with van der Waals surface area (Å²) in [7, 11) is 0. The van der Waals surface area contributed by atoms with Crippen molar-refractivity contribution in [2.45, 2.75) is 30.4 Å². The van der Waals surface area contributed by atoms with Crippen LogP contribution in [0, 0.1) is 11.3 Å². The first-order valence-corrected chi connectivity index (χ1v) is 7.44. The number of carbonyl (C=O) groups excluding carboxylic acids is 2. The third-order valence-electron chi connectivity index (χ3n) is 3.60. The minimum atomic E-state index is -0.362. The van der Waals surface area contributed by atoms with Gasteiger partial charge in [-0.1, -0.05) is 0 Å². The highest BCUT2D eigenvalue weighted by Crippen LogP contribution is 2.33. The van der Waals surface area contributed by atoms with Crippen LogP contribution in [0.25, 0.3) is 0 Å². The molecule has 2 aliphatic heterocycles. The number of amides is 2. The molecule has 0 aliphatic carbocycles. The molecule has 2 aliphatic rings. The summed E-state index contributed by atoms with van der Waals surface area (Å²) in [5, 5.41) is 13.0. The number of thioether (sulfide) groups is 1. The molecule has 0 unspecified atom stereocenters. The Morgan fingerprint density at radius 1 is 1.47 bits per heavy atom. The molecule has 19 heavy (non-hydrogen) atoms. The lowest BCUT2D eigenvalue weighted by molar-refractivity contribution is -0.125. The lowest BCUT2D eigenvalue weighted by Crippen LogP contribution is -2.47. The zero-order valence-electron chi connectivity index (χ0n) is 10.8. The van der Waals surface area contributed by atoms with Crippen molar-refractivity contribution in [3.63, 3.8) is 0 Å². The van der Waals surface area contributed by atoms with Crippen molar-refractivity contribution in [2.75, 3.05) is 19.3 Å². The van der Waals surface area contributed by atoms with Crippen molar-refractivity contribution in [2.24, 2.45) is 5.10 Å². The number of nitriles is 1. The van der Waals surface area contributed by atoms with Crippen LogP contribution in [-0.4, -0.2) is 46.5 Å². The van der Waals surface area contributed by atoms with Gasteiger partial charge in [-0.25, -0.2) is 5.43 Å². The molecule has 0 aromatic heterocycles. The molecule has 0 spiro atoms. The molecule has 7 heteroatoms. The van der Waals surface area contributed by atoms with E-state index < -0.39 is 0 Å². The third kappa shape index (κ3) is 2.89. The Hall–Kier alpha value is -1.55. The van der Waals surface area contributed by atoms with Crippen LogP contribution in [0.1, 0.15) is 25.7 Å². The second kappa shape index (κ2) is 5.61. The molecule has 102 valence electrons. The van der Waals surface area contributed by atoms with Gasteiger partial charge in [-0.2, -0.15) is 10.4 Å². The molecule has 0 radical (unpaired) electrons. The third-order valence-corrected chi connectivity index (χ3v) is 4.89. The standard InChI is InChI=1S/C12H16N4O2S/c1-19-12(8-13)4-6-16(7-5-12)11(18)9-2-3-10(17)15-14-9/h2-7H2,1H3,(H,15,17). The topological polar surface area (TPSA) is 85.6 Å². The van der Waals surface area contributed by atoms with Gasteiger partial charge in [0, 0.05) is 25.9 Å². The summed E-state index contributed by atoms with van der Waals surface area (Å²) in [6.07, 6.45) is 3.99. The van der Waals surface area contributed by atoms with Gasteiger partial charge < -0.3 is 4.90 Å². The average Bonchev–Trinajstić information content (AvgIpc) is 2.47. The first-order valence-electron chi connectivity index (χ1n) is 6.21. The largest absolute Gasteiger partial charge is 0.337 e. The SMILES string of the molecule is CSC1(C#N)CCN(C(=O)C2=NNC(=O)CC2)CC1. The molecular weight excluding hydrogens is 264 g/mol. The molecule has 6 nitrogen and oxygen atoms in total. The summed E-state index contributed by atoms with van der Waals surface area (Å²) >= 11 is 1.56. The van der Waals surface area contributed by atoms with Crippen LogP contribution in [0.2, 0.25) is 0 Å². The van der Waals surface area contributed by atoms with Crippen LogP contribution in [0.15, 0.2) is 5.10 Å². The highest BCUT2D eigenvalue weighted by Gasteiger charge is 2.36. The van der Waals surface area contributed by atoms with Crippen molar-refractivity contribution >= 4 is 29.3 Å². The van der Waals surface area contributed by atoms with Gasteiger partial charge in [-0.3, -0.25) is 9.59 Å². The monoisotopic (exact) mass is 280 g/mol. The maximum atomic E-state index is 12.2. The van der Waals surface area contributed by atoms with Crippen LogP contribution in [0.4, 0.5) is 0 Å². The highest BCUT2D eigenvalue weighted by atomic mass is 32.2. The van der Waals surface area contributed by atoms with Crippen molar-refractivity contribution < 1.29 is 9.59 Å². The van der Waals surface area contributed by atoms with E-state index in [0.717, 1.165) is 0 Å². The molecule has 0 saturated carbocycles. The Morgan fingerprint density at radius 2 is 2.16 bits per heavy atom. The van der Waals surface area contributed by atoms with Gasteiger partial charge >= 0.3 is 0 Å². The van der Waals surface area contributed by atoms with Crippen LogP contribution in [0.5, 0.6) is 0 Å². The quantitative estimate of drug-likeness (QED) is 0.798. The number of carbonyl (C=O) groups is 2. The molecular formula is C12H16N4O2S. The number of nitrogens with one attached hydrogen (secondary N) is 1.